The summed E-state index contributed by atoms with van der Waals surface area (Å²) in [5.41, 5.74) is 2.23. The van der Waals surface area contributed by atoms with Crippen LogP contribution in [-0.4, -0.2) is 42.8 Å². The lowest BCUT2D eigenvalue weighted by Crippen LogP contribution is -2.54. The van der Waals surface area contributed by atoms with Gasteiger partial charge in [-0.25, -0.2) is 0 Å². The number of benzene rings is 2. The molecule has 1 heterocycles. The average molecular weight is 420 g/mol. The summed E-state index contributed by atoms with van der Waals surface area (Å²) in [6.07, 6.45) is 0. The molecule has 0 aliphatic carbocycles. The van der Waals surface area contributed by atoms with Gasteiger partial charge in [-0.2, -0.15) is 0 Å². The molecule has 1 N–H and O–H groups in total. The van der Waals surface area contributed by atoms with Gasteiger partial charge in [0.2, 0.25) is 0 Å². The highest BCUT2D eigenvalue weighted by Gasteiger charge is 2.25. The Hall–Kier alpha value is -1.79. The third-order valence-electron chi connectivity index (χ3n) is 4.41. The first kappa shape index (κ1) is 18.0. The van der Waals surface area contributed by atoms with E-state index in [-0.39, 0.29) is 0 Å². The van der Waals surface area contributed by atoms with Crippen LogP contribution in [0.3, 0.4) is 0 Å². The Bertz CT molecular complexity index is 720. The minimum absolute atomic E-state index is 0.381. The quantitative estimate of drug-likeness (QED) is 0.745. The first-order valence-corrected chi connectivity index (χ1v) is 9.49. The van der Waals surface area contributed by atoms with Crippen LogP contribution in [0, 0.1) is 0 Å². The van der Waals surface area contributed by atoms with Crippen LogP contribution in [0.1, 0.15) is 6.92 Å². The summed E-state index contributed by atoms with van der Waals surface area (Å²) in [5.74, 6) is 0.884. The molecule has 4 nitrogen and oxygen atoms in total. The van der Waals surface area contributed by atoms with Gasteiger partial charge in [0.15, 0.2) is 5.11 Å². The number of hydrogen-bond acceptors (Lipinski definition) is 3. The molecule has 0 spiro atoms. The van der Waals surface area contributed by atoms with Crippen molar-refractivity contribution in [3.63, 3.8) is 0 Å². The summed E-state index contributed by atoms with van der Waals surface area (Å²) in [4.78, 5) is 4.65. The van der Waals surface area contributed by atoms with Crippen molar-refractivity contribution in [3.8, 4) is 5.75 Å². The van der Waals surface area contributed by atoms with Crippen molar-refractivity contribution in [1.29, 1.82) is 0 Å². The number of halogens is 1. The fourth-order valence-corrected chi connectivity index (χ4v) is 3.58. The average Bonchev–Trinajstić information content (AvgIpc) is 2.63. The van der Waals surface area contributed by atoms with E-state index in [2.05, 4.69) is 50.1 Å². The monoisotopic (exact) mass is 419 g/mol. The van der Waals surface area contributed by atoms with E-state index in [1.807, 2.05) is 36.4 Å². The molecule has 6 heteroatoms. The van der Waals surface area contributed by atoms with Crippen LogP contribution in [0.4, 0.5) is 11.4 Å². The Kier molecular flexibility index (Phi) is 5.81. The molecule has 0 saturated carbocycles. The number of hydrogen-bond donors (Lipinski definition) is 1. The molecule has 1 aliphatic rings. The third kappa shape index (κ3) is 4.44. The molecule has 3 rings (SSSR count). The molecule has 2 aromatic rings. The lowest BCUT2D eigenvalue weighted by molar-refractivity contribution is 0.342. The molecule has 132 valence electrons. The van der Waals surface area contributed by atoms with E-state index < -0.39 is 0 Å². The standard InChI is InChI=1S/C19H22BrN3OS/c1-14-13-22(19(25)21-16-5-3-15(20)4-6-16)11-12-23(14)17-7-9-18(24-2)10-8-17/h3-10,14H,11-13H2,1-2H3,(H,21,25). The zero-order valence-corrected chi connectivity index (χ0v) is 16.8. The number of methoxy groups -OCH3 is 1. The normalized spacial score (nSPS) is 17.3. The van der Waals surface area contributed by atoms with Crippen LogP contribution in [0.2, 0.25) is 0 Å². The summed E-state index contributed by atoms with van der Waals surface area (Å²) >= 11 is 9.05. The fraction of sp³-hybridized carbons (Fsp3) is 0.316. The minimum Gasteiger partial charge on any atom is -0.497 e. The van der Waals surface area contributed by atoms with Crippen LogP contribution < -0.4 is 15.0 Å². The van der Waals surface area contributed by atoms with E-state index in [9.17, 15) is 0 Å². The fourth-order valence-electron chi connectivity index (χ4n) is 3.04. The Labute approximate surface area is 162 Å². The number of thiocarbonyl (C=S) groups is 1. The largest absolute Gasteiger partial charge is 0.497 e. The SMILES string of the molecule is COc1ccc(N2CCN(C(=S)Nc3ccc(Br)cc3)CC2C)cc1. The Morgan fingerprint density at radius 3 is 2.40 bits per heavy atom. The Morgan fingerprint density at radius 2 is 1.80 bits per heavy atom. The summed E-state index contributed by atoms with van der Waals surface area (Å²) in [7, 11) is 1.69. The van der Waals surface area contributed by atoms with Crippen molar-refractivity contribution < 1.29 is 4.74 Å². The van der Waals surface area contributed by atoms with E-state index >= 15 is 0 Å². The molecule has 0 bridgehead atoms. The highest BCUT2D eigenvalue weighted by molar-refractivity contribution is 9.10. The zero-order chi connectivity index (χ0) is 17.8. The predicted molar refractivity (Wildman–Crippen MR) is 112 cm³/mol. The molecule has 25 heavy (non-hydrogen) atoms. The maximum absolute atomic E-state index is 5.60. The molecule has 1 saturated heterocycles. The molecule has 1 unspecified atom stereocenters. The third-order valence-corrected chi connectivity index (χ3v) is 5.30. The predicted octanol–water partition coefficient (Wildman–Crippen LogP) is 4.37. The molecule has 1 fully saturated rings. The van der Waals surface area contributed by atoms with E-state index in [1.165, 1.54) is 5.69 Å². The van der Waals surface area contributed by atoms with E-state index in [0.29, 0.717) is 6.04 Å². The number of nitrogens with zero attached hydrogens (tertiary/aromatic N) is 2. The van der Waals surface area contributed by atoms with Crippen molar-refractivity contribution in [2.45, 2.75) is 13.0 Å². The van der Waals surface area contributed by atoms with Gasteiger partial charge in [-0.1, -0.05) is 15.9 Å². The van der Waals surface area contributed by atoms with Crippen molar-refractivity contribution in [2.75, 3.05) is 37.0 Å². The first-order chi connectivity index (χ1) is 12.1. The van der Waals surface area contributed by atoms with Crippen molar-refractivity contribution in [2.24, 2.45) is 0 Å². The van der Waals surface area contributed by atoms with Crippen LogP contribution in [0.25, 0.3) is 0 Å². The number of anilines is 2. The number of ether oxygens (including phenoxy) is 1. The van der Waals surface area contributed by atoms with Gasteiger partial charge in [0.1, 0.15) is 5.75 Å². The summed E-state index contributed by atoms with van der Waals surface area (Å²) in [6.45, 7) is 4.97. The topological polar surface area (TPSA) is 27.7 Å². The van der Waals surface area contributed by atoms with Crippen molar-refractivity contribution in [3.05, 3.63) is 53.0 Å². The molecule has 2 aromatic carbocycles. The summed E-state index contributed by atoms with van der Waals surface area (Å²) in [6, 6.07) is 16.7. The van der Waals surface area contributed by atoms with E-state index in [0.717, 1.165) is 40.7 Å². The van der Waals surface area contributed by atoms with Crippen LogP contribution in [0.15, 0.2) is 53.0 Å². The number of rotatable bonds is 3. The van der Waals surface area contributed by atoms with Gasteiger partial charge in [-0.3, -0.25) is 0 Å². The van der Waals surface area contributed by atoms with Crippen molar-refractivity contribution in [1.82, 2.24) is 4.90 Å². The van der Waals surface area contributed by atoms with Gasteiger partial charge in [-0.15, -0.1) is 0 Å². The summed E-state index contributed by atoms with van der Waals surface area (Å²) < 4.78 is 6.30. The van der Waals surface area contributed by atoms with Crippen LogP contribution in [0.5, 0.6) is 5.75 Å². The molecule has 0 aromatic heterocycles. The maximum Gasteiger partial charge on any atom is 0.173 e. The molecular formula is C19H22BrN3OS. The lowest BCUT2D eigenvalue weighted by atomic mass is 10.1. The number of piperazine rings is 1. The minimum atomic E-state index is 0.381. The molecule has 1 atom stereocenters. The van der Waals surface area contributed by atoms with Crippen LogP contribution in [-0.2, 0) is 0 Å². The molecule has 0 radical (unpaired) electrons. The van der Waals surface area contributed by atoms with Gasteiger partial charge >= 0.3 is 0 Å². The second-order valence-corrected chi connectivity index (χ2v) is 7.43. The lowest BCUT2D eigenvalue weighted by Gasteiger charge is -2.42. The second-order valence-electron chi connectivity index (χ2n) is 6.12. The number of nitrogens with one attached hydrogen (secondary N) is 1. The van der Waals surface area contributed by atoms with E-state index in [1.54, 1.807) is 7.11 Å². The molecular weight excluding hydrogens is 398 g/mol. The van der Waals surface area contributed by atoms with Gasteiger partial charge in [0.05, 0.1) is 7.11 Å². The van der Waals surface area contributed by atoms with Gasteiger partial charge in [0.25, 0.3) is 0 Å². The molecule has 1 aliphatic heterocycles. The van der Waals surface area contributed by atoms with Gasteiger partial charge in [0, 0.05) is 41.5 Å². The van der Waals surface area contributed by atoms with Gasteiger partial charge in [-0.05, 0) is 67.7 Å². The van der Waals surface area contributed by atoms with Crippen molar-refractivity contribution >= 4 is 44.6 Å². The highest BCUT2D eigenvalue weighted by Crippen LogP contribution is 2.24. The zero-order valence-electron chi connectivity index (χ0n) is 14.4. The van der Waals surface area contributed by atoms with Crippen LogP contribution >= 0.6 is 28.1 Å². The Balaban J connectivity index is 1.60. The first-order valence-electron chi connectivity index (χ1n) is 8.29. The Morgan fingerprint density at radius 1 is 1.12 bits per heavy atom. The van der Waals surface area contributed by atoms with Gasteiger partial charge < -0.3 is 19.9 Å². The van der Waals surface area contributed by atoms with E-state index in [4.69, 9.17) is 17.0 Å². The smallest absolute Gasteiger partial charge is 0.173 e. The second kappa shape index (κ2) is 8.06. The summed E-state index contributed by atoms with van der Waals surface area (Å²) in [5, 5.41) is 4.11. The maximum atomic E-state index is 5.60. The molecule has 0 amide bonds. The highest BCUT2D eigenvalue weighted by atomic mass is 79.9.